The van der Waals surface area contributed by atoms with Crippen molar-refractivity contribution in [2.45, 2.75) is 26.7 Å². The molecule has 1 fully saturated rings. The molecule has 0 atom stereocenters. The number of hydrogen-bond donors (Lipinski definition) is 1. The number of amides is 2. The van der Waals surface area contributed by atoms with Crippen molar-refractivity contribution >= 4 is 23.3 Å². The van der Waals surface area contributed by atoms with Gasteiger partial charge in [0.15, 0.2) is 5.76 Å². The summed E-state index contributed by atoms with van der Waals surface area (Å²) in [5, 5.41) is 2.76. The van der Waals surface area contributed by atoms with E-state index in [0.29, 0.717) is 18.8 Å². The van der Waals surface area contributed by atoms with E-state index in [1.54, 1.807) is 18.3 Å². The topological polar surface area (TPSA) is 78.7 Å². The SMILES string of the molecule is CCC(CC)C(=O)N1CCN(c2ccc(NC(=O)c3ccco3)cn2)CC1. The van der Waals surface area contributed by atoms with E-state index in [0.717, 1.165) is 31.7 Å². The van der Waals surface area contributed by atoms with E-state index in [-0.39, 0.29) is 23.5 Å². The Kier molecular flexibility index (Phi) is 6.11. The first-order valence-electron chi connectivity index (χ1n) is 9.47. The molecular formula is C20H26N4O3. The van der Waals surface area contributed by atoms with E-state index >= 15 is 0 Å². The number of rotatable bonds is 6. The molecule has 1 aliphatic heterocycles. The van der Waals surface area contributed by atoms with Gasteiger partial charge in [0.1, 0.15) is 5.82 Å². The molecule has 0 radical (unpaired) electrons. The van der Waals surface area contributed by atoms with E-state index in [4.69, 9.17) is 4.42 Å². The Morgan fingerprint density at radius 2 is 1.89 bits per heavy atom. The van der Waals surface area contributed by atoms with Gasteiger partial charge in [-0.3, -0.25) is 9.59 Å². The van der Waals surface area contributed by atoms with Gasteiger partial charge < -0.3 is 19.5 Å². The van der Waals surface area contributed by atoms with Gasteiger partial charge in [-0.05, 0) is 37.1 Å². The summed E-state index contributed by atoms with van der Waals surface area (Å²) in [6.45, 7) is 7.09. The van der Waals surface area contributed by atoms with Crippen LogP contribution in [-0.4, -0.2) is 47.9 Å². The first-order valence-corrected chi connectivity index (χ1v) is 9.47. The highest BCUT2D eigenvalue weighted by Crippen LogP contribution is 2.19. The van der Waals surface area contributed by atoms with Gasteiger partial charge in [-0.15, -0.1) is 0 Å². The lowest BCUT2D eigenvalue weighted by molar-refractivity contribution is -0.136. The predicted molar refractivity (Wildman–Crippen MR) is 104 cm³/mol. The van der Waals surface area contributed by atoms with Crippen LogP contribution in [0.3, 0.4) is 0 Å². The normalized spacial score (nSPS) is 14.5. The minimum atomic E-state index is -0.303. The van der Waals surface area contributed by atoms with Gasteiger partial charge in [-0.1, -0.05) is 13.8 Å². The molecule has 0 aliphatic carbocycles. The van der Waals surface area contributed by atoms with Crippen LogP contribution in [0.25, 0.3) is 0 Å². The number of hydrogen-bond acceptors (Lipinski definition) is 5. The summed E-state index contributed by atoms with van der Waals surface area (Å²) in [5.41, 5.74) is 0.614. The van der Waals surface area contributed by atoms with Crippen LogP contribution in [0.5, 0.6) is 0 Å². The zero-order valence-electron chi connectivity index (χ0n) is 15.9. The fourth-order valence-electron chi connectivity index (χ4n) is 3.30. The summed E-state index contributed by atoms with van der Waals surface area (Å²) >= 11 is 0. The van der Waals surface area contributed by atoms with Crippen LogP contribution in [-0.2, 0) is 4.79 Å². The molecule has 144 valence electrons. The first kappa shape index (κ1) is 18.9. The van der Waals surface area contributed by atoms with Crippen LogP contribution in [0.15, 0.2) is 41.1 Å². The lowest BCUT2D eigenvalue weighted by Gasteiger charge is -2.36. The largest absolute Gasteiger partial charge is 0.459 e. The number of furan rings is 1. The summed E-state index contributed by atoms with van der Waals surface area (Å²) in [6, 6.07) is 6.99. The Bertz CT molecular complexity index is 746. The molecule has 27 heavy (non-hydrogen) atoms. The fourth-order valence-corrected chi connectivity index (χ4v) is 3.30. The van der Waals surface area contributed by atoms with E-state index in [9.17, 15) is 9.59 Å². The standard InChI is InChI=1S/C20H26N4O3/c1-3-15(4-2)20(26)24-11-9-23(10-12-24)18-8-7-16(14-21-18)22-19(25)17-6-5-13-27-17/h5-8,13-15H,3-4,9-12H2,1-2H3,(H,22,25). The summed E-state index contributed by atoms with van der Waals surface area (Å²) in [7, 11) is 0. The quantitative estimate of drug-likeness (QED) is 0.846. The Balaban J connectivity index is 1.54. The van der Waals surface area contributed by atoms with Crippen LogP contribution in [0.2, 0.25) is 0 Å². The second-order valence-corrected chi connectivity index (χ2v) is 6.66. The molecule has 0 spiro atoms. The maximum Gasteiger partial charge on any atom is 0.291 e. The van der Waals surface area contributed by atoms with Crippen molar-refractivity contribution in [2.24, 2.45) is 5.92 Å². The van der Waals surface area contributed by atoms with Crippen LogP contribution in [0.4, 0.5) is 11.5 Å². The second kappa shape index (κ2) is 8.70. The molecule has 2 amide bonds. The van der Waals surface area contributed by atoms with Crippen molar-refractivity contribution in [1.82, 2.24) is 9.88 Å². The smallest absolute Gasteiger partial charge is 0.291 e. The Labute approximate surface area is 159 Å². The molecule has 2 aromatic rings. The van der Waals surface area contributed by atoms with Gasteiger partial charge in [-0.25, -0.2) is 4.98 Å². The highest BCUT2D eigenvalue weighted by Gasteiger charge is 2.25. The van der Waals surface area contributed by atoms with Crippen molar-refractivity contribution in [3.05, 3.63) is 42.5 Å². The van der Waals surface area contributed by atoms with Crippen LogP contribution in [0, 0.1) is 5.92 Å². The van der Waals surface area contributed by atoms with Crippen molar-refractivity contribution in [1.29, 1.82) is 0 Å². The Hall–Kier alpha value is -2.83. The molecule has 2 aromatic heterocycles. The average Bonchev–Trinajstić information content (AvgIpc) is 3.25. The monoisotopic (exact) mass is 370 g/mol. The lowest BCUT2D eigenvalue weighted by atomic mass is 10.0. The number of anilines is 2. The maximum atomic E-state index is 12.5. The van der Waals surface area contributed by atoms with Gasteiger partial charge >= 0.3 is 0 Å². The highest BCUT2D eigenvalue weighted by molar-refractivity contribution is 6.02. The van der Waals surface area contributed by atoms with E-state index in [1.807, 2.05) is 17.0 Å². The third kappa shape index (κ3) is 4.48. The van der Waals surface area contributed by atoms with Crippen molar-refractivity contribution in [3.63, 3.8) is 0 Å². The lowest BCUT2D eigenvalue weighted by Crippen LogP contribution is -2.50. The molecule has 7 heteroatoms. The number of nitrogens with zero attached hydrogens (tertiary/aromatic N) is 3. The minimum Gasteiger partial charge on any atom is -0.459 e. The third-order valence-electron chi connectivity index (χ3n) is 5.00. The fraction of sp³-hybridized carbons (Fsp3) is 0.450. The predicted octanol–water partition coefficient (Wildman–Crippen LogP) is 3.01. The number of aromatic nitrogens is 1. The molecule has 0 saturated carbocycles. The van der Waals surface area contributed by atoms with Crippen LogP contribution < -0.4 is 10.2 Å². The average molecular weight is 370 g/mol. The maximum absolute atomic E-state index is 12.5. The summed E-state index contributed by atoms with van der Waals surface area (Å²) < 4.78 is 5.08. The van der Waals surface area contributed by atoms with Gasteiger partial charge in [-0.2, -0.15) is 0 Å². The third-order valence-corrected chi connectivity index (χ3v) is 5.00. The van der Waals surface area contributed by atoms with Crippen LogP contribution >= 0.6 is 0 Å². The first-order chi connectivity index (χ1) is 13.1. The van der Waals surface area contributed by atoms with E-state index < -0.39 is 0 Å². The minimum absolute atomic E-state index is 0.131. The Morgan fingerprint density at radius 1 is 1.15 bits per heavy atom. The van der Waals surface area contributed by atoms with Gasteiger partial charge in [0, 0.05) is 32.1 Å². The molecule has 1 saturated heterocycles. The Morgan fingerprint density at radius 3 is 2.44 bits per heavy atom. The zero-order chi connectivity index (χ0) is 19.2. The number of pyridine rings is 1. The molecule has 7 nitrogen and oxygen atoms in total. The zero-order valence-corrected chi connectivity index (χ0v) is 15.9. The highest BCUT2D eigenvalue weighted by atomic mass is 16.3. The number of carbonyl (C=O) groups is 2. The van der Waals surface area contributed by atoms with Crippen molar-refractivity contribution in [3.8, 4) is 0 Å². The molecule has 0 aromatic carbocycles. The number of carbonyl (C=O) groups excluding carboxylic acids is 2. The molecule has 3 rings (SSSR count). The molecule has 1 N–H and O–H groups in total. The molecular weight excluding hydrogens is 344 g/mol. The molecule has 0 unspecified atom stereocenters. The molecule has 3 heterocycles. The summed E-state index contributed by atoms with van der Waals surface area (Å²) in [6.07, 6.45) is 4.88. The van der Waals surface area contributed by atoms with E-state index in [2.05, 4.69) is 29.0 Å². The molecule has 0 bridgehead atoms. The van der Waals surface area contributed by atoms with Crippen molar-refractivity contribution < 1.29 is 14.0 Å². The second-order valence-electron chi connectivity index (χ2n) is 6.66. The summed E-state index contributed by atoms with van der Waals surface area (Å²) in [5.74, 6) is 1.20. The van der Waals surface area contributed by atoms with Gasteiger partial charge in [0.2, 0.25) is 5.91 Å². The van der Waals surface area contributed by atoms with Crippen molar-refractivity contribution in [2.75, 3.05) is 36.4 Å². The summed E-state index contributed by atoms with van der Waals surface area (Å²) in [4.78, 5) is 33.1. The molecule has 1 aliphatic rings. The van der Waals surface area contributed by atoms with Gasteiger partial charge in [0.25, 0.3) is 5.91 Å². The number of piperazine rings is 1. The van der Waals surface area contributed by atoms with Crippen LogP contribution in [0.1, 0.15) is 37.2 Å². The van der Waals surface area contributed by atoms with E-state index in [1.165, 1.54) is 6.26 Å². The number of nitrogens with one attached hydrogen (secondary N) is 1. The van der Waals surface area contributed by atoms with Gasteiger partial charge in [0.05, 0.1) is 18.1 Å².